The van der Waals surface area contributed by atoms with Crippen LogP contribution in [0.5, 0.6) is 0 Å². The zero-order valence-electron chi connectivity index (χ0n) is 19.0. The molecule has 4 rings (SSSR count). The highest BCUT2D eigenvalue weighted by Gasteiger charge is 2.70. The van der Waals surface area contributed by atoms with E-state index in [2.05, 4.69) is 20.8 Å². The molecule has 3 saturated carbocycles. The van der Waals surface area contributed by atoms with Gasteiger partial charge in [0.05, 0.1) is 17.9 Å². The first-order valence-electron chi connectivity index (χ1n) is 11.5. The largest absolute Gasteiger partial charge is 0.465 e. The number of hydrogen-bond acceptors (Lipinski definition) is 6. The summed E-state index contributed by atoms with van der Waals surface area (Å²) < 4.78 is 17.2. The quantitative estimate of drug-likeness (QED) is 0.509. The van der Waals surface area contributed by atoms with Gasteiger partial charge in [0, 0.05) is 19.8 Å². The maximum absolute atomic E-state index is 12.5. The average molecular weight is 421 g/mol. The van der Waals surface area contributed by atoms with E-state index in [1.54, 1.807) is 0 Å². The van der Waals surface area contributed by atoms with Crippen LogP contribution in [0.3, 0.4) is 0 Å². The standard InChI is InChI=1S/C24H36O6/c1-14(25)29-13-24-17-12-28-21(27)16(17)7-8-18(24)23(5)10-6-9-22(3,4)19(23)11-20(24)30-15(2)26/h16-20H,6-13H2,1-5H3/t16-,17-,18-,19+,20-,23-,24+/m0/s1. The maximum atomic E-state index is 12.5. The summed E-state index contributed by atoms with van der Waals surface area (Å²) in [6.07, 6.45) is 5.49. The van der Waals surface area contributed by atoms with Crippen molar-refractivity contribution in [2.24, 2.45) is 39.9 Å². The molecule has 0 aromatic heterocycles. The molecule has 1 heterocycles. The van der Waals surface area contributed by atoms with Crippen LogP contribution in [0.4, 0.5) is 0 Å². The molecule has 3 aliphatic carbocycles. The second-order valence-corrected chi connectivity index (χ2v) is 11.1. The number of hydrogen-bond donors (Lipinski definition) is 0. The topological polar surface area (TPSA) is 78.9 Å². The molecule has 6 nitrogen and oxygen atoms in total. The number of ether oxygens (including phenoxy) is 3. The summed E-state index contributed by atoms with van der Waals surface area (Å²) in [6.45, 7) is 10.5. The van der Waals surface area contributed by atoms with Gasteiger partial charge in [-0.25, -0.2) is 0 Å². The first-order chi connectivity index (χ1) is 14.0. The van der Waals surface area contributed by atoms with E-state index in [1.807, 2.05) is 0 Å². The smallest absolute Gasteiger partial charge is 0.309 e. The molecule has 4 fully saturated rings. The van der Waals surface area contributed by atoms with E-state index < -0.39 is 5.41 Å². The van der Waals surface area contributed by atoms with Crippen LogP contribution in [-0.2, 0) is 28.6 Å². The highest BCUT2D eigenvalue weighted by Crippen LogP contribution is 2.70. The third-order valence-corrected chi connectivity index (χ3v) is 9.25. The molecular weight excluding hydrogens is 384 g/mol. The summed E-state index contributed by atoms with van der Waals surface area (Å²) in [5.74, 6) is -0.477. The minimum Gasteiger partial charge on any atom is -0.465 e. The molecule has 0 aromatic carbocycles. The average Bonchev–Trinajstić information content (AvgIpc) is 3.02. The van der Waals surface area contributed by atoms with Crippen LogP contribution in [0.25, 0.3) is 0 Å². The summed E-state index contributed by atoms with van der Waals surface area (Å²) in [5, 5.41) is 0. The lowest BCUT2D eigenvalue weighted by molar-refractivity contribution is -0.249. The Morgan fingerprint density at radius 2 is 1.80 bits per heavy atom. The molecule has 0 unspecified atom stereocenters. The van der Waals surface area contributed by atoms with Crippen molar-refractivity contribution in [1.29, 1.82) is 0 Å². The van der Waals surface area contributed by atoms with E-state index in [-0.39, 0.29) is 59.2 Å². The molecule has 0 radical (unpaired) electrons. The van der Waals surface area contributed by atoms with Gasteiger partial charge in [0.25, 0.3) is 0 Å². The normalized spacial score (nSPS) is 44.2. The van der Waals surface area contributed by atoms with E-state index in [9.17, 15) is 14.4 Å². The second kappa shape index (κ2) is 7.23. The van der Waals surface area contributed by atoms with E-state index in [4.69, 9.17) is 14.2 Å². The van der Waals surface area contributed by atoms with Crippen molar-refractivity contribution >= 4 is 17.9 Å². The zero-order chi connectivity index (χ0) is 21.9. The molecular formula is C24H36O6. The third-order valence-electron chi connectivity index (χ3n) is 9.25. The fourth-order valence-corrected chi connectivity index (χ4v) is 8.18. The summed E-state index contributed by atoms with van der Waals surface area (Å²) in [7, 11) is 0. The molecule has 1 aliphatic heterocycles. The minimum absolute atomic E-state index is 0.0507. The Bertz CT molecular complexity index is 744. The fourth-order valence-electron chi connectivity index (χ4n) is 8.18. The Kier molecular flexibility index (Phi) is 5.22. The van der Waals surface area contributed by atoms with Crippen molar-refractivity contribution in [3.8, 4) is 0 Å². The number of fused-ring (bicyclic) bond motifs is 5. The maximum Gasteiger partial charge on any atom is 0.309 e. The Morgan fingerprint density at radius 3 is 2.47 bits per heavy atom. The van der Waals surface area contributed by atoms with E-state index in [1.165, 1.54) is 20.3 Å². The van der Waals surface area contributed by atoms with E-state index in [0.29, 0.717) is 12.5 Å². The molecule has 0 spiro atoms. The van der Waals surface area contributed by atoms with Gasteiger partial charge < -0.3 is 14.2 Å². The molecule has 0 amide bonds. The lowest BCUT2D eigenvalue weighted by Gasteiger charge is -2.67. The molecule has 1 saturated heterocycles. The molecule has 7 atom stereocenters. The van der Waals surface area contributed by atoms with Crippen LogP contribution < -0.4 is 0 Å². The van der Waals surface area contributed by atoms with Crippen molar-refractivity contribution in [2.45, 2.75) is 79.2 Å². The Balaban J connectivity index is 1.86. The fraction of sp³-hybridized carbons (Fsp3) is 0.875. The van der Waals surface area contributed by atoms with Crippen molar-refractivity contribution in [2.75, 3.05) is 13.2 Å². The SMILES string of the molecule is CC(=O)OC[C@]12[C@@H](OC(C)=O)C[C@@H]3C(C)(C)CCC[C@@]3(C)[C@@H]1CC[C@@H]1C(=O)OC[C@@H]12. The van der Waals surface area contributed by atoms with Gasteiger partial charge in [-0.3, -0.25) is 14.4 Å². The van der Waals surface area contributed by atoms with E-state index >= 15 is 0 Å². The highest BCUT2D eigenvalue weighted by molar-refractivity contribution is 5.75. The molecule has 0 N–H and O–H groups in total. The number of rotatable bonds is 3. The van der Waals surface area contributed by atoms with Crippen molar-refractivity contribution in [3.63, 3.8) is 0 Å². The number of cyclic esters (lactones) is 1. The molecule has 4 aliphatic rings. The number of carbonyl (C=O) groups is 3. The summed E-state index contributed by atoms with van der Waals surface area (Å²) in [5.41, 5.74) is -0.377. The third kappa shape index (κ3) is 3.08. The summed E-state index contributed by atoms with van der Waals surface area (Å²) in [4.78, 5) is 36.6. The van der Waals surface area contributed by atoms with Crippen molar-refractivity contribution in [1.82, 2.24) is 0 Å². The number of carbonyl (C=O) groups excluding carboxylic acids is 3. The molecule has 30 heavy (non-hydrogen) atoms. The minimum atomic E-state index is -0.578. The van der Waals surface area contributed by atoms with Gasteiger partial charge in [-0.1, -0.05) is 27.2 Å². The van der Waals surface area contributed by atoms with Crippen LogP contribution in [0, 0.1) is 39.9 Å². The first-order valence-corrected chi connectivity index (χ1v) is 11.5. The number of esters is 3. The molecule has 168 valence electrons. The lowest BCUT2D eigenvalue weighted by atomic mass is 9.38. The monoisotopic (exact) mass is 420 g/mol. The van der Waals surface area contributed by atoms with Crippen molar-refractivity contribution in [3.05, 3.63) is 0 Å². The summed E-state index contributed by atoms with van der Waals surface area (Å²) in [6, 6.07) is 0. The van der Waals surface area contributed by atoms with E-state index in [0.717, 1.165) is 32.1 Å². The van der Waals surface area contributed by atoms with Gasteiger partial charge in [-0.05, 0) is 54.8 Å². The Hall–Kier alpha value is -1.59. The van der Waals surface area contributed by atoms with Crippen molar-refractivity contribution < 1.29 is 28.6 Å². The predicted molar refractivity (Wildman–Crippen MR) is 109 cm³/mol. The summed E-state index contributed by atoms with van der Waals surface area (Å²) >= 11 is 0. The van der Waals surface area contributed by atoms with Gasteiger partial charge in [0.2, 0.25) is 0 Å². The van der Waals surface area contributed by atoms with Crippen LogP contribution in [0.1, 0.15) is 73.1 Å². The zero-order valence-corrected chi connectivity index (χ0v) is 19.0. The molecule has 0 aromatic rings. The van der Waals surface area contributed by atoms with Gasteiger partial charge in [-0.2, -0.15) is 0 Å². The Morgan fingerprint density at radius 1 is 1.07 bits per heavy atom. The van der Waals surface area contributed by atoms with Crippen LogP contribution in [0.15, 0.2) is 0 Å². The predicted octanol–water partition coefficient (Wildman–Crippen LogP) is 3.90. The second-order valence-electron chi connectivity index (χ2n) is 11.1. The molecule has 6 heteroatoms. The van der Waals surface area contributed by atoms with Gasteiger partial charge in [0.1, 0.15) is 12.7 Å². The Labute approximate surface area is 179 Å². The van der Waals surface area contributed by atoms with Gasteiger partial charge >= 0.3 is 17.9 Å². The molecule has 0 bridgehead atoms. The van der Waals surface area contributed by atoms with Crippen LogP contribution >= 0.6 is 0 Å². The van der Waals surface area contributed by atoms with Gasteiger partial charge in [0.15, 0.2) is 0 Å². The first kappa shape index (κ1) is 21.6. The lowest BCUT2D eigenvalue weighted by Crippen LogP contribution is -2.67. The van der Waals surface area contributed by atoms with Crippen LogP contribution in [0.2, 0.25) is 0 Å². The van der Waals surface area contributed by atoms with Gasteiger partial charge in [-0.15, -0.1) is 0 Å². The van der Waals surface area contributed by atoms with Crippen LogP contribution in [-0.4, -0.2) is 37.2 Å². The highest BCUT2D eigenvalue weighted by atomic mass is 16.6.